The van der Waals surface area contributed by atoms with E-state index in [1.165, 1.54) is 37.9 Å². The molecule has 30 heavy (non-hydrogen) atoms. The lowest BCUT2D eigenvalue weighted by Crippen LogP contribution is -2.50. The van der Waals surface area contributed by atoms with E-state index in [1.54, 1.807) is 5.57 Å². The van der Waals surface area contributed by atoms with E-state index in [1.807, 2.05) is 6.92 Å². The van der Waals surface area contributed by atoms with Gasteiger partial charge in [-0.1, -0.05) is 40.7 Å². The summed E-state index contributed by atoms with van der Waals surface area (Å²) >= 11 is 0. The summed E-state index contributed by atoms with van der Waals surface area (Å²) in [6, 6.07) is 0. The highest BCUT2D eigenvalue weighted by Crippen LogP contribution is 2.66. The van der Waals surface area contributed by atoms with Gasteiger partial charge in [0.25, 0.3) is 0 Å². The maximum Gasteiger partial charge on any atom is 0.250 e. The van der Waals surface area contributed by atoms with Gasteiger partial charge in [0.15, 0.2) is 0 Å². The first-order valence-electron chi connectivity index (χ1n) is 12.4. The van der Waals surface area contributed by atoms with Crippen LogP contribution in [0.15, 0.2) is 23.5 Å². The van der Waals surface area contributed by atoms with Crippen LogP contribution >= 0.6 is 0 Å². The Morgan fingerprint density at radius 3 is 2.43 bits per heavy atom. The fourth-order valence-electron chi connectivity index (χ4n) is 7.53. The summed E-state index contributed by atoms with van der Waals surface area (Å²) in [6.07, 6.45) is 13.4. The van der Waals surface area contributed by atoms with Crippen LogP contribution in [0, 0.1) is 34.5 Å². The third-order valence-corrected chi connectivity index (χ3v) is 14.8. The zero-order valence-electron chi connectivity index (χ0n) is 20.7. The van der Waals surface area contributed by atoms with E-state index in [2.05, 4.69) is 59.9 Å². The van der Waals surface area contributed by atoms with Crippen molar-refractivity contribution in [3.63, 3.8) is 0 Å². The molecule has 0 radical (unpaired) electrons. The first kappa shape index (κ1) is 22.4. The Morgan fingerprint density at radius 2 is 1.80 bits per heavy atom. The molecule has 0 N–H and O–H groups in total. The third-order valence-electron chi connectivity index (χ3n) is 10.4. The van der Waals surface area contributed by atoms with Gasteiger partial charge in [0.05, 0.1) is 5.76 Å². The van der Waals surface area contributed by atoms with Crippen LogP contribution in [0.2, 0.25) is 18.1 Å². The molecule has 0 aromatic carbocycles. The molecule has 0 aromatic heterocycles. The number of hydrogen-bond donors (Lipinski definition) is 0. The summed E-state index contributed by atoms with van der Waals surface area (Å²) in [4.78, 5) is 12.3. The van der Waals surface area contributed by atoms with Gasteiger partial charge in [-0.3, -0.25) is 4.79 Å². The second-order valence-corrected chi connectivity index (χ2v) is 17.7. The molecule has 4 rings (SSSR count). The summed E-state index contributed by atoms with van der Waals surface area (Å²) in [5, 5.41) is 0.240. The van der Waals surface area contributed by atoms with Crippen LogP contribution in [-0.4, -0.2) is 14.1 Å². The number of Topliss-reactive ketones (excluding diaryl/α,β-unsaturated/α-hetero) is 1. The summed E-state index contributed by atoms with van der Waals surface area (Å²) < 4.78 is 6.72. The molecule has 3 heteroatoms. The smallest absolute Gasteiger partial charge is 0.250 e. The molecule has 2 fully saturated rings. The van der Waals surface area contributed by atoms with Crippen LogP contribution < -0.4 is 0 Å². The van der Waals surface area contributed by atoms with Crippen LogP contribution in [0.4, 0.5) is 0 Å². The number of allylic oxidation sites excluding steroid dienone is 4. The topological polar surface area (TPSA) is 26.3 Å². The second kappa shape index (κ2) is 7.09. The quantitative estimate of drug-likeness (QED) is 0.431. The van der Waals surface area contributed by atoms with Crippen molar-refractivity contribution in [1.82, 2.24) is 0 Å². The van der Waals surface area contributed by atoms with Crippen molar-refractivity contribution in [2.24, 2.45) is 34.5 Å². The highest BCUT2D eigenvalue weighted by atomic mass is 28.4. The second-order valence-electron chi connectivity index (χ2n) is 12.9. The lowest BCUT2D eigenvalue weighted by Gasteiger charge is -2.57. The SMILES string of the molecule is CC(=O)[C@H]1CC[C@H]2[C@@H]3CC=C4C=C(O[Si](C)(C)C(C)(C)C)CC[C@]4(C)[C@H]3CC[C@]12C. The fourth-order valence-corrected chi connectivity index (χ4v) is 8.65. The predicted octanol–water partition coefficient (Wildman–Crippen LogP) is 7.67. The van der Waals surface area contributed by atoms with E-state index in [0.29, 0.717) is 17.1 Å². The zero-order valence-corrected chi connectivity index (χ0v) is 21.7. The minimum absolute atomic E-state index is 0.240. The molecule has 2 nitrogen and oxygen atoms in total. The van der Waals surface area contributed by atoms with Gasteiger partial charge < -0.3 is 4.43 Å². The van der Waals surface area contributed by atoms with Gasteiger partial charge in [0, 0.05) is 12.3 Å². The van der Waals surface area contributed by atoms with Crippen LogP contribution in [0.5, 0.6) is 0 Å². The number of rotatable bonds is 3. The molecule has 4 aliphatic carbocycles. The molecule has 0 unspecified atom stereocenters. The molecular formula is C27H44O2Si. The largest absolute Gasteiger partial charge is 0.547 e. The number of carbonyl (C=O) groups is 1. The molecule has 2 saturated carbocycles. The summed E-state index contributed by atoms with van der Waals surface area (Å²) in [5.74, 6) is 4.24. The Balaban J connectivity index is 1.59. The van der Waals surface area contributed by atoms with Crippen molar-refractivity contribution in [1.29, 1.82) is 0 Å². The Labute approximate surface area is 186 Å². The molecule has 4 aliphatic rings. The fraction of sp³-hybridized carbons (Fsp3) is 0.815. The van der Waals surface area contributed by atoms with E-state index < -0.39 is 8.32 Å². The Kier molecular flexibility index (Phi) is 5.28. The molecule has 168 valence electrons. The highest BCUT2D eigenvalue weighted by molar-refractivity contribution is 6.74. The van der Waals surface area contributed by atoms with Crippen LogP contribution in [0.25, 0.3) is 0 Å². The standard InChI is InChI=1S/C27H44O2Si/c1-18(28)22-11-12-23-21-10-9-19-17-20(29-30(7,8)25(2,3)4)13-15-26(19,5)24(21)14-16-27(22,23)6/h9,17,21-24H,10-16H2,1-8H3/t21-,22+,23-,24-,26-,27+/m0/s1. The van der Waals surface area contributed by atoms with Gasteiger partial charge in [-0.2, -0.15) is 0 Å². The summed E-state index contributed by atoms with van der Waals surface area (Å²) in [7, 11) is -1.78. The maximum atomic E-state index is 12.3. The van der Waals surface area contributed by atoms with Crippen molar-refractivity contribution >= 4 is 14.1 Å². The van der Waals surface area contributed by atoms with Gasteiger partial charge in [-0.15, -0.1) is 0 Å². The van der Waals surface area contributed by atoms with E-state index in [4.69, 9.17) is 4.43 Å². The van der Waals surface area contributed by atoms with E-state index in [-0.39, 0.29) is 10.5 Å². The summed E-state index contributed by atoms with van der Waals surface area (Å²) in [5.41, 5.74) is 2.09. The minimum Gasteiger partial charge on any atom is -0.547 e. The Bertz CT molecular complexity index is 785. The van der Waals surface area contributed by atoms with Crippen molar-refractivity contribution in [2.75, 3.05) is 0 Å². The van der Waals surface area contributed by atoms with E-state index >= 15 is 0 Å². The van der Waals surface area contributed by atoms with Gasteiger partial charge >= 0.3 is 0 Å². The average molecular weight is 429 g/mol. The van der Waals surface area contributed by atoms with Crippen molar-refractivity contribution < 1.29 is 9.22 Å². The van der Waals surface area contributed by atoms with E-state index in [9.17, 15) is 4.79 Å². The molecule has 0 bridgehead atoms. The summed E-state index contributed by atoms with van der Waals surface area (Å²) in [6.45, 7) is 18.5. The molecular weight excluding hydrogens is 384 g/mol. The van der Waals surface area contributed by atoms with Crippen molar-refractivity contribution in [3.8, 4) is 0 Å². The first-order valence-corrected chi connectivity index (χ1v) is 15.3. The number of fused-ring (bicyclic) bond motifs is 5. The van der Waals surface area contributed by atoms with Crippen molar-refractivity contribution in [3.05, 3.63) is 23.5 Å². The van der Waals surface area contributed by atoms with Gasteiger partial charge in [0.1, 0.15) is 5.78 Å². The Morgan fingerprint density at radius 1 is 1.10 bits per heavy atom. The van der Waals surface area contributed by atoms with Crippen LogP contribution in [0.1, 0.15) is 86.5 Å². The molecule has 0 spiro atoms. The van der Waals surface area contributed by atoms with Gasteiger partial charge in [-0.05, 0) is 104 Å². The average Bonchev–Trinajstić information content (AvgIpc) is 2.98. The molecule has 6 atom stereocenters. The molecule has 0 aromatic rings. The number of ketones is 1. The van der Waals surface area contributed by atoms with Crippen molar-refractivity contribution in [2.45, 2.75) is 105 Å². The lowest BCUT2D eigenvalue weighted by atomic mass is 9.48. The molecule has 0 amide bonds. The van der Waals surface area contributed by atoms with Gasteiger partial charge in [-0.25, -0.2) is 0 Å². The number of hydrogen-bond acceptors (Lipinski definition) is 2. The lowest BCUT2D eigenvalue weighted by molar-refractivity contribution is -0.127. The zero-order chi connectivity index (χ0) is 22.1. The van der Waals surface area contributed by atoms with E-state index in [0.717, 1.165) is 30.6 Å². The first-order chi connectivity index (χ1) is 13.8. The molecule has 0 heterocycles. The maximum absolute atomic E-state index is 12.3. The third kappa shape index (κ3) is 3.29. The molecule has 0 saturated heterocycles. The Hall–Kier alpha value is -0.833. The minimum atomic E-state index is -1.78. The molecule has 0 aliphatic heterocycles. The normalized spacial score (nSPS) is 41.2. The highest BCUT2D eigenvalue weighted by Gasteiger charge is 2.59. The predicted molar refractivity (Wildman–Crippen MR) is 128 cm³/mol. The monoisotopic (exact) mass is 428 g/mol. The van der Waals surface area contributed by atoms with Gasteiger partial charge in [0.2, 0.25) is 8.32 Å². The van der Waals surface area contributed by atoms with Crippen LogP contribution in [0.3, 0.4) is 0 Å². The number of carbonyl (C=O) groups excluding carboxylic acids is 1. The van der Waals surface area contributed by atoms with Crippen LogP contribution in [-0.2, 0) is 9.22 Å².